The van der Waals surface area contributed by atoms with Crippen molar-refractivity contribution in [3.63, 3.8) is 0 Å². The lowest BCUT2D eigenvalue weighted by molar-refractivity contribution is -0.153. The molecule has 41 heavy (non-hydrogen) atoms. The molecule has 1 amide bonds. The van der Waals surface area contributed by atoms with Gasteiger partial charge in [-0.15, -0.1) is 0 Å². The third kappa shape index (κ3) is 7.41. The molecule has 0 unspecified atom stereocenters. The first kappa shape index (κ1) is 30.4. The maximum absolute atomic E-state index is 12.8. The van der Waals surface area contributed by atoms with Crippen LogP contribution < -0.4 is 14.8 Å². The number of amides is 1. The quantitative estimate of drug-likeness (QED) is 0.232. The van der Waals surface area contributed by atoms with Crippen molar-refractivity contribution in [1.29, 1.82) is 0 Å². The summed E-state index contributed by atoms with van der Waals surface area (Å²) in [7, 11) is 3.30. The van der Waals surface area contributed by atoms with Gasteiger partial charge in [0.15, 0.2) is 11.5 Å². The Balaban J connectivity index is 1.40. The second-order valence-corrected chi connectivity index (χ2v) is 12.1. The first-order chi connectivity index (χ1) is 19.5. The minimum Gasteiger partial charge on any atom is -0.493 e. The van der Waals surface area contributed by atoms with Crippen molar-refractivity contribution in [3.8, 4) is 22.8 Å². The molecule has 1 saturated heterocycles. The van der Waals surface area contributed by atoms with Gasteiger partial charge in [-0.05, 0) is 86.9 Å². The third-order valence-electron chi connectivity index (χ3n) is 7.64. The molecular formula is C33H45N3O5. The van der Waals surface area contributed by atoms with E-state index in [2.05, 4.69) is 48.4 Å². The number of benzene rings is 2. The highest BCUT2D eigenvalue weighted by Gasteiger charge is 2.25. The Hall–Kier alpha value is -3.52. The molecule has 0 aliphatic carbocycles. The summed E-state index contributed by atoms with van der Waals surface area (Å²) in [5.41, 5.74) is 5.40. The number of aromatic nitrogens is 1. The van der Waals surface area contributed by atoms with Crippen LogP contribution in [0.15, 0.2) is 36.4 Å². The summed E-state index contributed by atoms with van der Waals surface area (Å²) < 4.78 is 16.3. The van der Waals surface area contributed by atoms with Gasteiger partial charge in [0.25, 0.3) is 0 Å². The van der Waals surface area contributed by atoms with E-state index in [0.717, 1.165) is 42.7 Å². The van der Waals surface area contributed by atoms with Crippen LogP contribution in [-0.4, -0.2) is 67.8 Å². The van der Waals surface area contributed by atoms with Gasteiger partial charge in [0, 0.05) is 42.5 Å². The molecule has 4 rings (SSSR count). The van der Waals surface area contributed by atoms with Crippen molar-refractivity contribution in [2.24, 2.45) is 0 Å². The standard InChI is InChI=1S/C33H45N3O5/c1-21(2)31-25-18-23(8-10-26(25)35-32(31)24-9-11-27(39-6)28(19-24)40-7)22-13-16-36(17-14-22)29(37)12-15-34-20-30(38)41-33(3,4)5/h8-11,18-19,21-22,34-35H,12-17,20H2,1-7H3. The van der Waals surface area contributed by atoms with Crippen LogP contribution in [0.1, 0.15) is 76.8 Å². The van der Waals surface area contributed by atoms with Crippen LogP contribution in [0.3, 0.4) is 0 Å². The molecule has 0 spiro atoms. The smallest absolute Gasteiger partial charge is 0.320 e. The average Bonchev–Trinajstić information content (AvgIpc) is 3.33. The summed E-state index contributed by atoms with van der Waals surface area (Å²) in [4.78, 5) is 30.2. The van der Waals surface area contributed by atoms with Crippen molar-refractivity contribution >= 4 is 22.8 Å². The zero-order valence-electron chi connectivity index (χ0n) is 25.6. The van der Waals surface area contributed by atoms with Gasteiger partial charge in [-0.3, -0.25) is 9.59 Å². The molecule has 8 nitrogen and oxygen atoms in total. The fourth-order valence-electron chi connectivity index (χ4n) is 5.69. The Kier molecular flexibility index (Phi) is 9.64. The van der Waals surface area contributed by atoms with Crippen molar-refractivity contribution in [2.75, 3.05) is 40.4 Å². The zero-order valence-corrected chi connectivity index (χ0v) is 25.6. The van der Waals surface area contributed by atoms with E-state index in [1.165, 1.54) is 16.5 Å². The number of carbonyl (C=O) groups excluding carboxylic acids is 2. The molecule has 1 fully saturated rings. The van der Waals surface area contributed by atoms with E-state index < -0.39 is 5.60 Å². The number of carbonyl (C=O) groups is 2. The highest BCUT2D eigenvalue weighted by atomic mass is 16.6. The molecule has 2 N–H and O–H groups in total. The third-order valence-corrected chi connectivity index (χ3v) is 7.64. The highest BCUT2D eigenvalue weighted by Crippen LogP contribution is 2.40. The Bertz CT molecular complexity index is 1360. The van der Waals surface area contributed by atoms with Crippen molar-refractivity contribution in [2.45, 2.75) is 71.3 Å². The summed E-state index contributed by atoms with van der Waals surface area (Å²) in [5, 5.41) is 4.28. The first-order valence-electron chi connectivity index (χ1n) is 14.6. The Morgan fingerprint density at radius 3 is 2.37 bits per heavy atom. The Morgan fingerprint density at radius 1 is 1.02 bits per heavy atom. The number of piperidine rings is 1. The summed E-state index contributed by atoms with van der Waals surface area (Å²) in [5.74, 6) is 1.98. The lowest BCUT2D eigenvalue weighted by atomic mass is 9.87. The van der Waals surface area contributed by atoms with E-state index >= 15 is 0 Å². The fourth-order valence-corrected chi connectivity index (χ4v) is 5.69. The van der Waals surface area contributed by atoms with Crippen molar-refractivity contribution in [3.05, 3.63) is 47.5 Å². The lowest BCUT2D eigenvalue weighted by Gasteiger charge is -2.32. The minimum absolute atomic E-state index is 0.111. The van der Waals surface area contributed by atoms with E-state index in [1.54, 1.807) is 14.2 Å². The number of H-pyrrole nitrogens is 1. The number of nitrogens with zero attached hydrogens (tertiary/aromatic N) is 1. The summed E-state index contributed by atoms with van der Waals surface area (Å²) >= 11 is 0. The maximum Gasteiger partial charge on any atom is 0.320 e. The number of methoxy groups -OCH3 is 2. The normalized spacial score (nSPS) is 14.5. The van der Waals surface area contributed by atoms with Crippen LogP contribution in [0, 0.1) is 0 Å². The number of aromatic amines is 1. The number of hydrogen-bond acceptors (Lipinski definition) is 6. The lowest BCUT2D eigenvalue weighted by Crippen LogP contribution is -2.39. The molecular weight excluding hydrogens is 518 g/mol. The highest BCUT2D eigenvalue weighted by molar-refractivity contribution is 5.92. The molecule has 0 radical (unpaired) electrons. The van der Waals surface area contributed by atoms with Crippen LogP contribution in [0.5, 0.6) is 11.5 Å². The second kappa shape index (κ2) is 13.0. The van der Waals surface area contributed by atoms with E-state index in [0.29, 0.717) is 36.3 Å². The van der Waals surface area contributed by atoms with E-state index in [1.807, 2.05) is 37.8 Å². The molecule has 1 aliphatic rings. The molecule has 3 aromatic rings. The van der Waals surface area contributed by atoms with Gasteiger partial charge in [0.05, 0.1) is 26.5 Å². The van der Waals surface area contributed by atoms with Crippen LogP contribution in [0.25, 0.3) is 22.2 Å². The molecule has 1 aliphatic heterocycles. The number of fused-ring (bicyclic) bond motifs is 1. The van der Waals surface area contributed by atoms with Gasteiger partial charge in [-0.2, -0.15) is 0 Å². The molecule has 2 heterocycles. The van der Waals surface area contributed by atoms with Crippen LogP contribution in [-0.2, 0) is 14.3 Å². The monoisotopic (exact) mass is 563 g/mol. The summed E-state index contributed by atoms with van der Waals surface area (Å²) in [6, 6.07) is 12.8. The number of rotatable bonds is 10. The van der Waals surface area contributed by atoms with Crippen LogP contribution >= 0.6 is 0 Å². The number of hydrogen-bond donors (Lipinski definition) is 2. The SMILES string of the molecule is COc1ccc(-c2[nH]c3ccc(C4CCN(C(=O)CCNCC(=O)OC(C)(C)C)CC4)cc3c2C(C)C)cc1OC. The molecule has 8 heteroatoms. The molecule has 0 atom stereocenters. The van der Waals surface area contributed by atoms with Crippen LogP contribution in [0.2, 0.25) is 0 Å². The Morgan fingerprint density at radius 2 is 1.73 bits per heavy atom. The van der Waals surface area contributed by atoms with Crippen molar-refractivity contribution < 1.29 is 23.8 Å². The van der Waals surface area contributed by atoms with Gasteiger partial charge >= 0.3 is 5.97 Å². The summed E-state index contributed by atoms with van der Waals surface area (Å²) in [6.45, 7) is 12.0. The van der Waals surface area contributed by atoms with E-state index in [-0.39, 0.29) is 18.4 Å². The van der Waals surface area contributed by atoms with Gasteiger partial charge < -0.3 is 29.4 Å². The van der Waals surface area contributed by atoms with Gasteiger partial charge in [-0.25, -0.2) is 0 Å². The van der Waals surface area contributed by atoms with E-state index in [9.17, 15) is 9.59 Å². The molecule has 1 aromatic heterocycles. The van der Waals surface area contributed by atoms with Crippen LogP contribution in [0.4, 0.5) is 0 Å². The summed E-state index contributed by atoms with van der Waals surface area (Å²) in [6.07, 6.45) is 2.25. The topological polar surface area (TPSA) is 92.9 Å². The van der Waals surface area contributed by atoms with E-state index in [4.69, 9.17) is 14.2 Å². The second-order valence-electron chi connectivity index (χ2n) is 12.1. The molecule has 222 valence electrons. The zero-order chi connectivity index (χ0) is 29.7. The first-order valence-corrected chi connectivity index (χ1v) is 14.6. The predicted octanol–water partition coefficient (Wildman–Crippen LogP) is 6.00. The number of likely N-dealkylation sites (tertiary alicyclic amines) is 1. The predicted molar refractivity (Wildman–Crippen MR) is 163 cm³/mol. The van der Waals surface area contributed by atoms with Gasteiger partial charge in [-0.1, -0.05) is 19.9 Å². The Labute approximate surface area is 243 Å². The number of esters is 1. The van der Waals surface area contributed by atoms with Gasteiger partial charge in [0.1, 0.15) is 5.60 Å². The van der Waals surface area contributed by atoms with Crippen molar-refractivity contribution in [1.82, 2.24) is 15.2 Å². The average molecular weight is 564 g/mol. The molecule has 0 bridgehead atoms. The maximum atomic E-state index is 12.8. The minimum atomic E-state index is -0.506. The molecule has 0 saturated carbocycles. The largest absolute Gasteiger partial charge is 0.493 e. The molecule has 2 aromatic carbocycles. The fraction of sp³-hybridized carbons (Fsp3) is 0.515. The number of nitrogens with one attached hydrogen (secondary N) is 2. The number of ether oxygens (including phenoxy) is 3. The van der Waals surface area contributed by atoms with Gasteiger partial charge in [0.2, 0.25) is 5.91 Å².